The first-order valence-corrected chi connectivity index (χ1v) is 9.61. The Morgan fingerprint density at radius 2 is 1.81 bits per heavy atom. The molecule has 2 aromatic rings. The summed E-state index contributed by atoms with van der Waals surface area (Å²) in [6.07, 6.45) is 1.48. The number of hydrogen-bond donors (Lipinski definition) is 0. The molecular weight excluding hydrogens is 354 g/mol. The van der Waals surface area contributed by atoms with Crippen molar-refractivity contribution in [1.29, 1.82) is 0 Å². The van der Waals surface area contributed by atoms with Gasteiger partial charge in [-0.15, -0.1) is 5.06 Å². The fourth-order valence-electron chi connectivity index (χ4n) is 2.75. The van der Waals surface area contributed by atoms with E-state index in [9.17, 15) is 8.42 Å². The summed E-state index contributed by atoms with van der Waals surface area (Å²) < 4.78 is 30.8. The molecule has 0 saturated heterocycles. The van der Waals surface area contributed by atoms with Gasteiger partial charge in [-0.3, -0.25) is 0 Å². The minimum absolute atomic E-state index is 0.0248. The second kappa shape index (κ2) is 6.53. The average Bonchev–Trinajstić information content (AvgIpc) is 2.96. The van der Waals surface area contributed by atoms with Crippen LogP contribution in [0, 0.1) is 0 Å². The highest BCUT2D eigenvalue weighted by atomic mass is 32.2. The van der Waals surface area contributed by atoms with Crippen molar-refractivity contribution in [3.8, 4) is 11.6 Å². The zero-order valence-electron chi connectivity index (χ0n) is 15.5. The Kier molecular flexibility index (Phi) is 4.68. The zero-order valence-corrected chi connectivity index (χ0v) is 16.3. The van der Waals surface area contributed by atoms with Crippen LogP contribution < -0.4 is 9.02 Å². The molecule has 1 unspecified atom stereocenters. The lowest BCUT2D eigenvalue weighted by molar-refractivity contribution is -0.128. The van der Waals surface area contributed by atoms with Crippen LogP contribution in [-0.4, -0.2) is 42.4 Å². The number of rotatable bonds is 4. The highest BCUT2D eigenvalue weighted by molar-refractivity contribution is 7.84. The summed E-state index contributed by atoms with van der Waals surface area (Å²) >= 11 is 0. The van der Waals surface area contributed by atoms with Crippen LogP contribution in [0.1, 0.15) is 37.9 Å². The minimum atomic E-state index is -3.93. The summed E-state index contributed by atoms with van der Waals surface area (Å²) in [6.45, 7) is 6.08. The molecule has 7 nitrogen and oxygen atoms in total. The quantitative estimate of drug-likeness (QED) is 0.816. The predicted octanol–water partition coefficient (Wildman–Crippen LogP) is 2.76. The molecule has 0 fully saturated rings. The predicted molar refractivity (Wildman–Crippen MR) is 98.0 cm³/mol. The van der Waals surface area contributed by atoms with Gasteiger partial charge in [0.25, 0.3) is 0 Å². The van der Waals surface area contributed by atoms with Crippen molar-refractivity contribution < 1.29 is 17.4 Å². The monoisotopic (exact) mass is 377 g/mol. The average molecular weight is 377 g/mol. The SMILES string of the molecule is CN(C)S(=O)(=O)Oc1nccc2c1C(c1ccccc1)N(C(C)(C)C)O2. The zero-order chi connectivity index (χ0) is 19.1. The molecule has 0 N–H and O–H groups in total. The van der Waals surface area contributed by atoms with Crippen LogP contribution in [0.25, 0.3) is 0 Å². The van der Waals surface area contributed by atoms with Crippen molar-refractivity contribution in [2.75, 3.05) is 14.1 Å². The van der Waals surface area contributed by atoms with Gasteiger partial charge in [0.15, 0.2) is 5.75 Å². The van der Waals surface area contributed by atoms with Crippen LogP contribution >= 0.6 is 0 Å². The number of pyridine rings is 1. The smallest absolute Gasteiger partial charge is 0.386 e. The van der Waals surface area contributed by atoms with E-state index in [2.05, 4.69) is 4.98 Å². The third-order valence-corrected chi connectivity index (χ3v) is 5.29. The maximum atomic E-state index is 12.2. The number of aromatic nitrogens is 1. The number of benzene rings is 1. The van der Waals surface area contributed by atoms with Crippen molar-refractivity contribution in [3.05, 3.63) is 53.7 Å². The topological polar surface area (TPSA) is 72.0 Å². The van der Waals surface area contributed by atoms with Gasteiger partial charge in [0.1, 0.15) is 6.04 Å². The van der Waals surface area contributed by atoms with Gasteiger partial charge in [-0.05, 0) is 26.3 Å². The molecule has 1 aromatic heterocycles. The van der Waals surface area contributed by atoms with Crippen molar-refractivity contribution in [2.45, 2.75) is 32.4 Å². The van der Waals surface area contributed by atoms with E-state index in [4.69, 9.17) is 9.02 Å². The van der Waals surface area contributed by atoms with Crippen molar-refractivity contribution in [2.24, 2.45) is 0 Å². The van der Waals surface area contributed by atoms with E-state index in [0.717, 1.165) is 9.87 Å². The van der Waals surface area contributed by atoms with Crippen molar-refractivity contribution in [1.82, 2.24) is 14.4 Å². The maximum absolute atomic E-state index is 12.2. The van der Waals surface area contributed by atoms with Crippen LogP contribution in [0.4, 0.5) is 0 Å². The van der Waals surface area contributed by atoms with Gasteiger partial charge in [0.05, 0.1) is 5.56 Å². The normalized spacial score (nSPS) is 17.8. The van der Waals surface area contributed by atoms with Crippen LogP contribution in [0.2, 0.25) is 0 Å². The largest absolute Gasteiger partial charge is 0.404 e. The molecule has 0 amide bonds. The lowest BCUT2D eigenvalue weighted by atomic mass is 9.96. The van der Waals surface area contributed by atoms with E-state index >= 15 is 0 Å². The van der Waals surface area contributed by atoms with E-state index < -0.39 is 10.3 Å². The molecule has 0 aliphatic carbocycles. The van der Waals surface area contributed by atoms with E-state index in [-0.39, 0.29) is 17.5 Å². The van der Waals surface area contributed by atoms with Crippen LogP contribution in [0.5, 0.6) is 11.6 Å². The standard InChI is InChI=1S/C18H23N3O4S/c1-18(2,3)21-16(13-9-7-6-8-10-13)15-14(24-21)11-12-19-17(15)25-26(22,23)20(4)5/h6-12,16H,1-5H3. The summed E-state index contributed by atoms with van der Waals surface area (Å²) in [5.41, 5.74) is 1.22. The molecule has 1 aliphatic rings. The van der Waals surface area contributed by atoms with Crippen molar-refractivity contribution >= 4 is 10.3 Å². The summed E-state index contributed by atoms with van der Waals surface area (Å²) in [6, 6.07) is 11.1. The second-order valence-corrected chi connectivity index (χ2v) is 9.00. The Labute approximate surface area is 154 Å². The summed E-state index contributed by atoms with van der Waals surface area (Å²) in [5.74, 6) is 0.560. The second-order valence-electron chi connectivity index (χ2n) is 7.25. The van der Waals surface area contributed by atoms with Crippen molar-refractivity contribution in [3.63, 3.8) is 0 Å². The molecule has 26 heavy (non-hydrogen) atoms. The molecule has 1 aliphatic heterocycles. The lowest BCUT2D eigenvalue weighted by Crippen LogP contribution is -2.43. The minimum Gasteiger partial charge on any atom is -0.404 e. The Bertz CT molecular complexity index is 892. The first kappa shape index (κ1) is 18.6. The number of nitrogens with zero attached hydrogens (tertiary/aromatic N) is 3. The van der Waals surface area contributed by atoms with E-state index in [1.165, 1.54) is 20.3 Å². The highest BCUT2D eigenvalue weighted by Gasteiger charge is 2.43. The van der Waals surface area contributed by atoms with Crippen LogP contribution in [0.3, 0.4) is 0 Å². The van der Waals surface area contributed by atoms with Gasteiger partial charge >= 0.3 is 10.3 Å². The maximum Gasteiger partial charge on any atom is 0.386 e. The Morgan fingerprint density at radius 3 is 2.38 bits per heavy atom. The first-order chi connectivity index (χ1) is 12.1. The number of hydrogen-bond acceptors (Lipinski definition) is 6. The Hall–Kier alpha value is -2.16. The van der Waals surface area contributed by atoms with E-state index in [1.807, 2.05) is 56.2 Å². The molecule has 1 atom stereocenters. The molecule has 0 saturated carbocycles. The summed E-state index contributed by atoms with van der Waals surface area (Å²) in [4.78, 5) is 10.2. The summed E-state index contributed by atoms with van der Waals surface area (Å²) in [7, 11) is -1.12. The Morgan fingerprint density at radius 1 is 1.15 bits per heavy atom. The van der Waals surface area contributed by atoms with Gasteiger partial charge in [-0.1, -0.05) is 30.3 Å². The molecule has 1 aromatic carbocycles. The Balaban J connectivity index is 2.15. The van der Waals surface area contributed by atoms with Gasteiger partial charge in [-0.2, -0.15) is 12.7 Å². The van der Waals surface area contributed by atoms with Gasteiger partial charge in [0, 0.05) is 31.9 Å². The van der Waals surface area contributed by atoms with E-state index in [1.54, 1.807) is 6.07 Å². The van der Waals surface area contributed by atoms with Crippen LogP contribution in [0.15, 0.2) is 42.6 Å². The number of hydroxylamine groups is 2. The highest BCUT2D eigenvalue weighted by Crippen LogP contribution is 2.48. The van der Waals surface area contributed by atoms with Gasteiger partial charge in [0.2, 0.25) is 5.88 Å². The van der Waals surface area contributed by atoms with E-state index in [0.29, 0.717) is 11.3 Å². The summed E-state index contributed by atoms with van der Waals surface area (Å²) in [5, 5.41) is 1.84. The molecular formula is C18H23N3O4S. The molecule has 0 radical (unpaired) electrons. The molecule has 3 rings (SSSR count). The third-order valence-electron chi connectivity index (χ3n) is 4.03. The fourth-order valence-corrected chi connectivity index (χ4v) is 3.23. The first-order valence-electron chi connectivity index (χ1n) is 8.24. The molecule has 0 bridgehead atoms. The molecule has 8 heteroatoms. The third kappa shape index (κ3) is 3.40. The molecule has 2 heterocycles. The molecule has 0 spiro atoms. The molecule has 140 valence electrons. The lowest BCUT2D eigenvalue weighted by Gasteiger charge is -2.34. The van der Waals surface area contributed by atoms with Gasteiger partial charge < -0.3 is 9.02 Å². The number of fused-ring (bicyclic) bond motifs is 1. The van der Waals surface area contributed by atoms with Gasteiger partial charge in [-0.25, -0.2) is 4.98 Å². The van der Waals surface area contributed by atoms with Crippen LogP contribution in [-0.2, 0) is 10.3 Å². The fraction of sp³-hybridized carbons (Fsp3) is 0.389.